The molecule has 1 rings (SSSR count). The second kappa shape index (κ2) is 21.2. The topological polar surface area (TPSA) is 6.48 Å². The van der Waals surface area contributed by atoms with Crippen LogP contribution in [0.3, 0.4) is 0 Å². The maximum absolute atomic E-state index is 2.68. The summed E-state index contributed by atoms with van der Waals surface area (Å²) in [6.07, 6.45) is 35.0. The van der Waals surface area contributed by atoms with Gasteiger partial charge in [0.1, 0.15) is 6.17 Å². The lowest BCUT2D eigenvalue weighted by molar-refractivity contribution is 0.135. The molecule has 1 heterocycles. The molecule has 184 valence electrons. The van der Waals surface area contributed by atoms with E-state index in [2.05, 4.69) is 43.0 Å². The Balaban J connectivity index is 2.27. The summed E-state index contributed by atoms with van der Waals surface area (Å²) in [7, 11) is 0. The number of unbranched alkanes of at least 4 members (excludes halogenated alkanes) is 17. The van der Waals surface area contributed by atoms with E-state index in [4.69, 9.17) is 0 Å². The molecule has 1 atom stereocenters. The van der Waals surface area contributed by atoms with Crippen LogP contribution in [0, 0.1) is 0 Å². The summed E-state index contributed by atoms with van der Waals surface area (Å²) in [4.78, 5) is 5.35. The van der Waals surface area contributed by atoms with Crippen molar-refractivity contribution in [3.05, 3.63) is 12.4 Å². The maximum Gasteiger partial charge on any atom is 0.101 e. The zero-order valence-corrected chi connectivity index (χ0v) is 21.9. The van der Waals surface area contributed by atoms with Gasteiger partial charge in [-0.05, 0) is 25.7 Å². The standard InChI is InChI=1S/C29H58N2/c1-4-7-10-13-15-16-17-18-21-24-29-30(25-22-19-12-9-6-3)27-28-31(29)26-23-20-14-11-8-5-2/h27-29H,4-26H2,1-3H3. The number of nitrogens with zero attached hydrogens (tertiary/aromatic N) is 2. The normalized spacial score (nSPS) is 16.0. The van der Waals surface area contributed by atoms with Gasteiger partial charge in [-0.3, -0.25) is 0 Å². The third-order valence-electron chi connectivity index (χ3n) is 7.07. The predicted molar refractivity (Wildman–Crippen MR) is 140 cm³/mol. The molecule has 1 unspecified atom stereocenters. The van der Waals surface area contributed by atoms with Crippen molar-refractivity contribution < 1.29 is 0 Å². The molecular weight excluding hydrogens is 376 g/mol. The van der Waals surface area contributed by atoms with Crippen molar-refractivity contribution in [2.45, 2.75) is 162 Å². The Hall–Kier alpha value is -0.660. The van der Waals surface area contributed by atoms with Gasteiger partial charge in [-0.2, -0.15) is 0 Å². The number of hydrogen-bond acceptors (Lipinski definition) is 2. The van der Waals surface area contributed by atoms with E-state index in [1.165, 1.54) is 148 Å². The summed E-state index contributed by atoms with van der Waals surface area (Å²) in [5, 5.41) is 0. The van der Waals surface area contributed by atoms with Crippen molar-refractivity contribution in [1.82, 2.24) is 9.80 Å². The molecule has 0 bridgehead atoms. The van der Waals surface area contributed by atoms with Gasteiger partial charge in [0.2, 0.25) is 0 Å². The molecule has 0 aromatic carbocycles. The molecule has 0 N–H and O–H groups in total. The smallest absolute Gasteiger partial charge is 0.101 e. The third kappa shape index (κ3) is 14.9. The zero-order valence-electron chi connectivity index (χ0n) is 21.9. The van der Waals surface area contributed by atoms with Crippen LogP contribution >= 0.6 is 0 Å². The minimum atomic E-state index is 0.645. The second-order valence-electron chi connectivity index (χ2n) is 10.1. The van der Waals surface area contributed by atoms with E-state index in [0.717, 1.165) is 0 Å². The summed E-state index contributed by atoms with van der Waals surface area (Å²) >= 11 is 0. The first kappa shape index (κ1) is 28.4. The SMILES string of the molecule is CCCCCCCCCCCC1N(CCCCCCC)C=CN1CCCCCCCC. The Morgan fingerprint density at radius 3 is 1.13 bits per heavy atom. The van der Waals surface area contributed by atoms with E-state index < -0.39 is 0 Å². The van der Waals surface area contributed by atoms with Gasteiger partial charge in [-0.15, -0.1) is 0 Å². The minimum Gasteiger partial charge on any atom is -0.356 e. The lowest BCUT2D eigenvalue weighted by Gasteiger charge is -2.33. The summed E-state index contributed by atoms with van der Waals surface area (Å²) in [6.45, 7) is 9.45. The van der Waals surface area contributed by atoms with Crippen molar-refractivity contribution in [2.75, 3.05) is 13.1 Å². The number of rotatable bonds is 23. The predicted octanol–water partition coefficient (Wildman–Crippen LogP) is 9.65. The van der Waals surface area contributed by atoms with Crippen molar-refractivity contribution >= 4 is 0 Å². The monoisotopic (exact) mass is 434 g/mol. The molecule has 31 heavy (non-hydrogen) atoms. The lowest BCUT2D eigenvalue weighted by Crippen LogP contribution is -2.39. The van der Waals surface area contributed by atoms with Crippen molar-refractivity contribution in [1.29, 1.82) is 0 Å². The molecule has 0 fully saturated rings. The van der Waals surface area contributed by atoms with E-state index in [9.17, 15) is 0 Å². The Kier molecular flexibility index (Phi) is 19.4. The van der Waals surface area contributed by atoms with Crippen molar-refractivity contribution in [3.63, 3.8) is 0 Å². The largest absolute Gasteiger partial charge is 0.356 e. The Bertz CT molecular complexity index is 392. The van der Waals surface area contributed by atoms with Crippen LogP contribution in [0.15, 0.2) is 12.4 Å². The molecule has 1 aliphatic heterocycles. The van der Waals surface area contributed by atoms with Crippen LogP contribution < -0.4 is 0 Å². The Morgan fingerprint density at radius 1 is 0.419 bits per heavy atom. The van der Waals surface area contributed by atoms with Gasteiger partial charge in [0.05, 0.1) is 0 Å². The van der Waals surface area contributed by atoms with Gasteiger partial charge in [-0.25, -0.2) is 0 Å². The molecule has 0 saturated heterocycles. The molecular formula is C29H58N2. The fourth-order valence-electron chi connectivity index (χ4n) is 4.95. The fourth-order valence-corrected chi connectivity index (χ4v) is 4.95. The highest BCUT2D eigenvalue weighted by atomic mass is 15.4. The van der Waals surface area contributed by atoms with E-state index in [1.807, 2.05) is 0 Å². The molecule has 0 aromatic rings. The van der Waals surface area contributed by atoms with Gasteiger partial charge in [-0.1, -0.05) is 130 Å². The first-order valence-electron chi connectivity index (χ1n) is 14.5. The average Bonchev–Trinajstić information content (AvgIpc) is 3.16. The van der Waals surface area contributed by atoms with E-state index in [1.54, 1.807) is 0 Å². The summed E-state index contributed by atoms with van der Waals surface area (Å²) in [5.74, 6) is 0. The van der Waals surface area contributed by atoms with E-state index in [-0.39, 0.29) is 0 Å². The summed E-state index contributed by atoms with van der Waals surface area (Å²) in [5.41, 5.74) is 0. The van der Waals surface area contributed by atoms with Crippen LogP contribution in [0.1, 0.15) is 156 Å². The van der Waals surface area contributed by atoms with Crippen molar-refractivity contribution in [3.8, 4) is 0 Å². The third-order valence-corrected chi connectivity index (χ3v) is 7.07. The van der Waals surface area contributed by atoms with Crippen LogP contribution in [-0.2, 0) is 0 Å². The molecule has 0 radical (unpaired) electrons. The van der Waals surface area contributed by atoms with Crippen LogP contribution in [0.25, 0.3) is 0 Å². The molecule has 1 aliphatic rings. The van der Waals surface area contributed by atoms with Gasteiger partial charge in [0, 0.05) is 25.5 Å². The average molecular weight is 435 g/mol. The van der Waals surface area contributed by atoms with Crippen LogP contribution in [-0.4, -0.2) is 29.1 Å². The Morgan fingerprint density at radius 2 is 0.742 bits per heavy atom. The fraction of sp³-hybridized carbons (Fsp3) is 0.931. The highest BCUT2D eigenvalue weighted by Crippen LogP contribution is 2.24. The number of hydrogen-bond donors (Lipinski definition) is 0. The second-order valence-corrected chi connectivity index (χ2v) is 10.1. The minimum absolute atomic E-state index is 0.645. The molecule has 0 amide bonds. The molecule has 0 aliphatic carbocycles. The highest BCUT2D eigenvalue weighted by Gasteiger charge is 2.24. The Labute approximate surface area is 197 Å². The van der Waals surface area contributed by atoms with Crippen LogP contribution in [0.4, 0.5) is 0 Å². The van der Waals surface area contributed by atoms with Crippen LogP contribution in [0.5, 0.6) is 0 Å². The van der Waals surface area contributed by atoms with Gasteiger partial charge < -0.3 is 9.80 Å². The van der Waals surface area contributed by atoms with Gasteiger partial charge >= 0.3 is 0 Å². The molecule has 0 spiro atoms. The summed E-state index contributed by atoms with van der Waals surface area (Å²) in [6, 6.07) is 0. The lowest BCUT2D eigenvalue weighted by atomic mass is 10.1. The molecule has 2 nitrogen and oxygen atoms in total. The molecule has 0 saturated carbocycles. The van der Waals surface area contributed by atoms with E-state index >= 15 is 0 Å². The first-order chi connectivity index (χ1) is 15.3. The van der Waals surface area contributed by atoms with Crippen molar-refractivity contribution in [2.24, 2.45) is 0 Å². The maximum atomic E-state index is 2.68. The zero-order chi connectivity index (χ0) is 22.4. The highest BCUT2D eigenvalue weighted by molar-refractivity contribution is 4.97. The summed E-state index contributed by atoms with van der Waals surface area (Å²) < 4.78 is 0. The first-order valence-corrected chi connectivity index (χ1v) is 14.5. The quantitative estimate of drug-likeness (QED) is 0.148. The van der Waals surface area contributed by atoms with E-state index in [0.29, 0.717) is 6.17 Å². The molecule has 2 heteroatoms. The van der Waals surface area contributed by atoms with Gasteiger partial charge in [0.25, 0.3) is 0 Å². The molecule has 0 aromatic heterocycles. The van der Waals surface area contributed by atoms with Gasteiger partial charge in [0.15, 0.2) is 0 Å². The van der Waals surface area contributed by atoms with Crippen LogP contribution in [0.2, 0.25) is 0 Å².